The van der Waals surface area contributed by atoms with Gasteiger partial charge in [0.2, 0.25) is 0 Å². The fourth-order valence-corrected chi connectivity index (χ4v) is 2.35. The molecule has 19 heavy (non-hydrogen) atoms. The van der Waals surface area contributed by atoms with Crippen LogP contribution in [0.2, 0.25) is 6.32 Å². The molecular formula is C11H20BO6P. The van der Waals surface area contributed by atoms with Crippen LogP contribution in [0.5, 0.6) is 0 Å². The number of carbonyl (C=O) groups excluding carboxylic acids is 1. The predicted molar refractivity (Wildman–Crippen MR) is 68.7 cm³/mol. The van der Waals surface area contributed by atoms with E-state index in [9.17, 15) is 14.3 Å². The summed E-state index contributed by atoms with van der Waals surface area (Å²) in [6.07, 6.45) is 0.517. The van der Waals surface area contributed by atoms with Crippen LogP contribution in [0.3, 0.4) is 0 Å². The molecule has 0 aromatic heterocycles. The summed E-state index contributed by atoms with van der Waals surface area (Å²) in [4.78, 5) is 21.8. The molecule has 8 heteroatoms. The van der Waals surface area contributed by atoms with Crippen molar-refractivity contribution in [1.82, 2.24) is 0 Å². The normalized spacial score (nSPS) is 23.1. The van der Waals surface area contributed by atoms with Crippen LogP contribution in [-0.4, -0.2) is 30.1 Å². The lowest BCUT2D eigenvalue weighted by Crippen LogP contribution is -2.41. The average molecular weight is 290 g/mol. The Morgan fingerprint density at radius 1 is 1.32 bits per heavy atom. The fourth-order valence-electron chi connectivity index (χ4n) is 1.76. The number of ether oxygens (including phenoxy) is 1. The molecule has 0 amide bonds. The Kier molecular flexibility index (Phi) is 5.12. The molecule has 2 atom stereocenters. The van der Waals surface area contributed by atoms with Gasteiger partial charge in [0.15, 0.2) is 0 Å². The Hall–Kier alpha value is -0.485. The van der Waals surface area contributed by atoms with Crippen molar-refractivity contribution in [3.8, 4) is 0 Å². The number of hydrogen-bond donors (Lipinski definition) is 0. The summed E-state index contributed by atoms with van der Waals surface area (Å²) in [6.45, 7) is 8.87. The van der Waals surface area contributed by atoms with Crippen molar-refractivity contribution in [3.05, 3.63) is 0 Å². The Labute approximate surface area is 114 Å². The van der Waals surface area contributed by atoms with Crippen LogP contribution in [0.25, 0.3) is 0 Å². The summed E-state index contributed by atoms with van der Waals surface area (Å²) in [6, 6.07) is 0. The average Bonchev–Trinajstić information content (AvgIpc) is 2.41. The van der Waals surface area contributed by atoms with Crippen molar-refractivity contribution in [3.63, 3.8) is 0 Å². The van der Waals surface area contributed by atoms with Gasteiger partial charge in [-0.15, -0.1) is 0 Å². The molecule has 1 rings (SSSR count). The molecule has 1 saturated heterocycles. The summed E-state index contributed by atoms with van der Waals surface area (Å²) >= 11 is 0. The minimum Gasteiger partial charge on any atom is -0.593 e. The van der Waals surface area contributed by atoms with Crippen LogP contribution in [0.4, 0.5) is 0 Å². The minimum atomic E-state index is -2.82. The number of carbonyl (C=O) groups is 1. The topological polar surface area (TPSA) is 84.9 Å². The first-order valence-electron chi connectivity index (χ1n) is 6.21. The van der Waals surface area contributed by atoms with E-state index in [1.165, 1.54) is 6.92 Å². The molecule has 1 heterocycles. The number of hydrogen-bond acceptors (Lipinski definition) is 6. The van der Waals surface area contributed by atoms with E-state index in [0.717, 1.165) is 0 Å². The van der Waals surface area contributed by atoms with Gasteiger partial charge in [0.25, 0.3) is 5.85 Å². The van der Waals surface area contributed by atoms with Crippen LogP contribution in [0, 0.1) is 0 Å². The zero-order valence-electron chi connectivity index (χ0n) is 12.0. The summed E-state index contributed by atoms with van der Waals surface area (Å²) in [5.74, 6) is -1.73. The highest BCUT2D eigenvalue weighted by molar-refractivity contribution is 7.37. The third kappa shape index (κ3) is 4.24. The van der Waals surface area contributed by atoms with Crippen molar-refractivity contribution in [2.75, 3.05) is 0 Å². The quantitative estimate of drug-likeness (QED) is 0.433. The second-order valence-corrected chi connectivity index (χ2v) is 6.76. The zero-order chi connectivity index (χ0) is 14.8. The first-order valence-corrected chi connectivity index (χ1v) is 7.46. The molecule has 0 aromatic rings. The van der Waals surface area contributed by atoms with Gasteiger partial charge in [-0.3, -0.25) is 4.79 Å². The van der Waals surface area contributed by atoms with E-state index >= 15 is 0 Å². The van der Waals surface area contributed by atoms with E-state index in [4.69, 9.17) is 14.0 Å². The maximum Gasteiger partial charge on any atom is 0.458 e. The van der Waals surface area contributed by atoms with Gasteiger partial charge < -0.3 is 18.9 Å². The molecule has 0 bridgehead atoms. The van der Waals surface area contributed by atoms with Crippen molar-refractivity contribution >= 4 is 21.1 Å². The molecule has 0 N–H and O–H groups in total. The lowest BCUT2D eigenvalue weighted by molar-refractivity contribution is -0.177. The Morgan fingerprint density at radius 3 is 2.16 bits per heavy atom. The first kappa shape index (κ1) is 16.6. The van der Waals surface area contributed by atoms with Crippen molar-refractivity contribution in [1.29, 1.82) is 0 Å². The zero-order valence-corrected chi connectivity index (χ0v) is 12.9. The monoisotopic (exact) mass is 290 g/mol. The van der Waals surface area contributed by atoms with Crippen LogP contribution >= 0.6 is 8.03 Å². The molecule has 108 valence electrons. The highest BCUT2D eigenvalue weighted by Gasteiger charge is 2.51. The largest absolute Gasteiger partial charge is 0.593 e. The van der Waals surface area contributed by atoms with Crippen molar-refractivity contribution in [2.45, 2.75) is 64.4 Å². The van der Waals surface area contributed by atoms with E-state index in [2.05, 4.69) is 0 Å². The second-order valence-electron chi connectivity index (χ2n) is 5.61. The summed E-state index contributed by atoms with van der Waals surface area (Å²) in [7, 11) is -3.31. The predicted octanol–water partition coefficient (Wildman–Crippen LogP) is 1.46. The smallest absolute Gasteiger partial charge is 0.458 e. The molecule has 1 aliphatic rings. The van der Waals surface area contributed by atoms with E-state index in [1.807, 2.05) is 27.7 Å². The van der Waals surface area contributed by atoms with Gasteiger partial charge >= 0.3 is 21.1 Å². The van der Waals surface area contributed by atoms with Crippen LogP contribution < -0.4 is 4.89 Å². The highest BCUT2D eigenvalue weighted by Crippen LogP contribution is 2.38. The second kappa shape index (κ2) is 5.88. The van der Waals surface area contributed by atoms with Gasteiger partial charge in [-0.2, -0.15) is 0 Å². The third-order valence-corrected chi connectivity index (χ3v) is 4.32. The standard InChI is InChI=1S/C11H20BO6P/c1-8(13)16-9(19(14)15)6-7-12-17-10(2,3)11(4,5)18-12/h9H,6-7H2,1-5H3. The fraction of sp³-hybridized carbons (Fsp3) is 0.909. The van der Waals surface area contributed by atoms with Gasteiger partial charge in [0, 0.05) is 13.3 Å². The van der Waals surface area contributed by atoms with Crippen LogP contribution in [-0.2, 0) is 23.4 Å². The van der Waals surface area contributed by atoms with E-state index in [0.29, 0.717) is 6.32 Å². The van der Waals surface area contributed by atoms with Gasteiger partial charge in [-0.1, -0.05) is 4.57 Å². The molecule has 1 fully saturated rings. The number of esters is 1. The molecule has 0 spiro atoms. The van der Waals surface area contributed by atoms with Gasteiger partial charge in [-0.05, 0) is 34.0 Å². The molecule has 0 aliphatic carbocycles. The Morgan fingerprint density at radius 2 is 1.79 bits per heavy atom. The van der Waals surface area contributed by atoms with E-state index < -0.39 is 38.2 Å². The first-order chi connectivity index (χ1) is 8.55. The minimum absolute atomic E-state index is 0.162. The van der Waals surface area contributed by atoms with E-state index in [-0.39, 0.29) is 6.42 Å². The Balaban J connectivity index is 2.53. The molecule has 0 saturated carbocycles. The molecule has 6 nitrogen and oxygen atoms in total. The summed E-state index contributed by atoms with van der Waals surface area (Å²) in [5.41, 5.74) is -0.900. The van der Waals surface area contributed by atoms with Gasteiger partial charge in [0.05, 0.1) is 11.2 Å². The SMILES string of the molecule is CC(=O)OC(CCB1OC(C)(C)C(C)(C)O1)[P+](=O)[O-]. The molecular weight excluding hydrogens is 270 g/mol. The van der Waals surface area contributed by atoms with Gasteiger partial charge in [-0.25, -0.2) is 0 Å². The lowest BCUT2D eigenvalue weighted by atomic mass is 9.83. The number of rotatable bonds is 5. The molecule has 1 aliphatic heterocycles. The summed E-state index contributed by atoms with van der Waals surface area (Å²) in [5, 5.41) is 0. The maximum atomic E-state index is 11.0. The Bertz CT molecular complexity index is 354. The molecule has 2 unspecified atom stereocenters. The molecule has 0 aromatic carbocycles. The van der Waals surface area contributed by atoms with Crippen LogP contribution in [0.1, 0.15) is 41.0 Å². The lowest BCUT2D eigenvalue weighted by Gasteiger charge is -2.32. The maximum absolute atomic E-state index is 11.0. The third-order valence-electron chi connectivity index (χ3n) is 3.49. The molecule has 0 radical (unpaired) electrons. The summed E-state index contributed by atoms with van der Waals surface area (Å²) < 4.78 is 27.2. The highest BCUT2D eigenvalue weighted by atomic mass is 31.1. The van der Waals surface area contributed by atoms with Crippen LogP contribution in [0.15, 0.2) is 0 Å². The van der Waals surface area contributed by atoms with Crippen molar-refractivity contribution < 1.29 is 28.3 Å². The van der Waals surface area contributed by atoms with E-state index in [1.54, 1.807) is 0 Å². The van der Waals surface area contributed by atoms with Crippen molar-refractivity contribution in [2.24, 2.45) is 0 Å². The van der Waals surface area contributed by atoms with Gasteiger partial charge in [0.1, 0.15) is 0 Å².